The van der Waals surface area contributed by atoms with E-state index in [1.54, 1.807) is 11.0 Å². The van der Waals surface area contributed by atoms with Crippen LogP contribution in [0.4, 0.5) is 4.39 Å². The molecule has 1 rings (SSSR count). The Balaban J connectivity index is 3.14. The number of benzene rings is 1. The van der Waals surface area contributed by atoms with E-state index in [2.05, 4.69) is 22.5 Å². The molecule has 0 aromatic heterocycles. The Morgan fingerprint density at radius 1 is 1.50 bits per heavy atom. The minimum Gasteiger partial charge on any atom is -0.330 e. The Morgan fingerprint density at radius 3 is 2.56 bits per heavy atom. The van der Waals surface area contributed by atoms with E-state index in [1.165, 1.54) is 18.2 Å². The van der Waals surface area contributed by atoms with Crippen molar-refractivity contribution < 1.29 is 9.18 Å². The van der Waals surface area contributed by atoms with Crippen molar-refractivity contribution in [1.82, 2.24) is 4.90 Å². The van der Waals surface area contributed by atoms with Gasteiger partial charge in [-0.2, -0.15) is 0 Å². The topological polar surface area (TPSA) is 20.3 Å². The third-order valence-electron chi connectivity index (χ3n) is 2.53. The van der Waals surface area contributed by atoms with Gasteiger partial charge < -0.3 is 4.90 Å². The van der Waals surface area contributed by atoms with Crippen LogP contribution in [0.1, 0.15) is 31.1 Å². The van der Waals surface area contributed by atoms with E-state index in [1.807, 2.05) is 20.8 Å². The second-order valence-electron chi connectivity index (χ2n) is 5.00. The van der Waals surface area contributed by atoms with E-state index in [0.29, 0.717) is 16.6 Å². The van der Waals surface area contributed by atoms with E-state index in [0.717, 1.165) is 0 Å². The van der Waals surface area contributed by atoms with Gasteiger partial charge in [0, 0.05) is 16.6 Å². The first kappa shape index (κ1) is 14.9. The van der Waals surface area contributed by atoms with Crippen LogP contribution in [-0.2, 0) is 0 Å². The lowest BCUT2D eigenvalue weighted by molar-refractivity contribution is 0.0615. The largest absolute Gasteiger partial charge is 0.330 e. The molecule has 0 unspecified atom stereocenters. The molecule has 0 aliphatic carbocycles. The van der Waals surface area contributed by atoms with Gasteiger partial charge in [-0.05, 0) is 54.9 Å². The molecule has 1 amide bonds. The minimum atomic E-state index is -0.371. The average Bonchev–Trinajstić information content (AvgIpc) is 2.23. The second kappa shape index (κ2) is 5.65. The predicted octanol–water partition coefficient (Wildman–Crippen LogP) is 4.01. The highest BCUT2D eigenvalue weighted by atomic mass is 79.9. The lowest BCUT2D eigenvalue weighted by Crippen LogP contribution is -2.45. The molecule has 0 saturated heterocycles. The summed E-state index contributed by atoms with van der Waals surface area (Å²) >= 11 is 3.22. The maximum atomic E-state index is 13.0. The van der Waals surface area contributed by atoms with Crippen LogP contribution in [0.15, 0.2) is 35.3 Å². The number of rotatable bonds is 3. The summed E-state index contributed by atoms with van der Waals surface area (Å²) in [7, 11) is 0. The van der Waals surface area contributed by atoms with Crippen molar-refractivity contribution in [1.29, 1.82) is 0 Å². The standard InChI is InChI=1S/C14H17BrFNO/c1-5-8-17(14(2,3)4)13(18)11-7-6-10(16)9-12(11)15/h5-7,9H,1,8H2,2-4H3. The molecule has 0 aliphatic rings. The molecule has 0 atom stereocenters. The molecule has 18 heavy (non-hydrogen) atoms. The molecule has 2 nitrogen and oxygen atoms in total. The summed E-state index contributed by atoms with van der Waals surface area (Å²) in [5.41, 5.74) is 0.132. The Bertz CT molecular complexity index is 465. The van der Waals surface area contributed by atoms with Crippen molar-refractivity contribution in [3.05, 3.63) is 46.7 Å². The normalized spacial score (nSPS) is 11.2. The van der Waals surface area contributed by atoms with Gasteiger partial charge in [0.25, 0.3) is 5.91 Å². The van der Waals surface area contributed by atoms with Gasteiger partial charge in [0.05, 0.1) is 5.56 Å². The van der Waals surface area contributed by atoms with Crippen LogP contribution in [-0.4, -0.2) is 22.9 Å². The molecule has 1 aromatic carbocycles. The van der Waals surface area contributed by atoms with Crippen LogP contribution in [0.5, 0.6) is 0 Å². The maximum absolute atomic E-state index is 13.0. The van der Waals surface area contributed by atoms with Crippen molar-refractivity contribution in [3.63, 3.8) is 0 Å². The van der Waals surface area contributed by atoms with Crippen molar-refractivity contribution in [3.8, 4) is 0 Å². The number of halogens is 2. The highest BCUT2D eigenvalue weighted by molar-refractivity contribution is 9.10. The minimum absolute atomic E-state index is 0.144. The van der Waals surface area contributed by atoms with Crippen molar-refractivity contribution >= 4 is 21.8 Å². The molecular weight excluding hydrogens is 297 g/mol. The van der Waals surface area contributed by atoms with Gasteiger partial charge >= 0.3 is 0 Å². The molecule has 98 valence electrons. The molecule has 0 bridgehead atoms. The maximum Gasteiger partial charge on any atom is 0.255 e. The highest BCUT2D eigenvalue weighted by Gasteiger charge is 2.27. The number of nitrogens with zero attached hydrogens (tertiary/aromatic N) is 1. The van der Waals surface area contributed by atoms with Crippen LogP contribution in [0.2, 0.25) is 0 Å². The van der Waals surface area contributed by atoms with Crippen molar-refractivity contribution in [2.45, 2.75) is 26.3 Å². The van der Waals surface area contributed by atoms with E-state index in [9.17, 15) is 9.18 Å². The quantitative estimate of drug-likeness (QED) is 0.772. The molecule has 0 radical (unpaired) electrons. The van der Waals surface area contributed by atoms with Gasteiger partial charge in [-0.1, -0.05) is 6.08 Å². The zero-order chi connectivity index (χ0) is 13.9. The molecule has 0 heterocycles. The number of carbonyl (C=O) groups is 1. The fourth-order valence-electron chi connectivity index (χ4n) is 1.60. The zero-order valence-electron chi connectivity index (χ0n) is 10.8. The summed E-state index contributed by atoms with van der Waals surface area (Å²) < 4.78 is 13.5. The summed E-state index contributed by atoms with van der Waals surface area (Å²) in [5.74, 6) is -0.515. The molecule has 0 fully saturated rings. The van der Waals surface area contributed by atoms with E-state index < -0.39 is 0 Å². The summed E-state index contributed by atoms with van der Waals surface area (Å²) in [5, 5.41) is 0. The predicted molar refractivity (Wildman–Crippen MR) is 75.1 cm³/mol. The summed E-state index contributed by atoms with van der Waals surface area (Å²) in [6, 6.07) is 4.07. The van der Waals surface area contributed by atoms with Crippen LogP contribution < -0.4 is 0 Å². The third kappa shape index (κ3) is 3.42. The Labute approximate surface area is 116 Å². The van der Waals surface area contributed by atoms with E-state index >= 15 is 0 Å². The van der Waals surface area contributed by atoms with Gasteiger partial charge in [0.1, 0.15) is 5.82 Å². The van der Waals surface area contributed by atoms with Gasteiger partial charge in [-0.25, -0.2) is 4.39 Å². The van der Waals surface area contributed by atoms with Crippen LogP contribution in [0.3, 0.4) is 0 Å². The molecule has 0 N–H and O–H groups in total. The van der Waals surface area contributed by atoms with Crippen LogP contribution in [0, 0.1) is 5.82 Å². The lowest BCUT2D eigenvalue weighted by Gasteiger charge is -2.35. The monoisotopic (exact) mass is 313 g/mol. The number of amides is 1. The van der Waals surface area contributed by atoms with Gasteiger partial charge in [-0.15, -0.1) is 6.58 Å². The number of carbonyl (C=O) groups excluding carboxylic acids is 1. The third-order valence-corrected chi connectivity index (χ3v) is 3.18. The number of hydrogen-bond acceptors (Lipinski definition) is 1. The molecular formula is C14H17BrFNO. The second-order valence-corrected chi connectivity index (χ2v) is 5.85. The molecule has 0 saturated carbocycles. The van der Waals surface area contributed by atoms with Gasteiger partial charge in [0.2, 0.25) is 0 Å². The van der Waals surface area contributed by atoms with Crippen LogP contribution in [0.25, 0.3) is 0 Å². The van der Waals surface area contributed by atoms with Gasteiger partial charge in [-0.3, -0.25) is 4.79 Å². The van der Waals surface area contributed by atoms with Crippen molar-refractivity contribution in [2.24, 2.45) is 0 Å². The Morgan fingerprint density at radius 2 is 2.11 bits per heavy atom. The summed E-state index contributed by atoms with van der Waals surface area (Å²) in [4.78, 5) is 14.1. The lowest BCUT2D eigenvalue weighted by atomic mass is 10.0. The average molecular weight is 314 g/mol. The molecule has 0 aliphatic heterocycles. The van der Waals surface area contributed by atoms with Gasteiger partial charge in [0.15, 0.2) is 0 Å². The highest BCUT2D eigenvalue weighted by Crippen LogP contribution is 2.23. The first-order valence-electron chi connectivity index (χ1n) is 5.65. The first-order chi connectivity index (χ1) is 8.27. The van der Waals surface area contributed by atoms with E-state index in [-0.39, 0.29) is 17.3 Å². The van der Waals surface area contributed by atoms with Crippen LogP contribution >= 0.6 is 15.9 Å². The SMILES string of the molecule is C=CCN(C(=O)c1ccc(F)cc1Br)C(C)(C)C. The fraction of sp³-hybridized carbons (Fsp3) is 0.357. The Kier molecular flexibility index (Phi) is 4.68. The van der Waals surface area contributed by atoms with Crippen molar-refractivity contribution in [2.75, 3.05) is 6.54 Å². The Hall–Kier alpha value is -1.16. The zero-order valence-corrected chi connectivity index (χ0v) is 12.4. The summed E-state index contributed by atoms with van der Waals surface area (Å²) in [6.45, 7) is 9.96. The smallest absolute Gasteiger partial charge is 0.255 e. The summed E-state index contributed by atoms with van der Waals surface area (Å²) in [6.07, 6.45) is 1.68. The fourth-order valence-corrected chi connectivity index (χ4v) is 2.12. The molecule has 1 aromatic rings. The molecule has 0 spiro atoms. The van der Waals surface area contributed by atoms with E-state index in [4.69, 9.17) is 0 Å². The number of hydrogen-bond donors (Lipinski definition) is 0. The molecule has 4 heteroatoms. The first-order valence-corrected chi connectivity index (χ1v) is 6.44.